The molecule has 1 aromatic carbocycles. The third kappa shape index (κ3) is 4.13. The fraction of sp³-hybridized carbons (Fsp3) is 0.333. The number of carbonyl (C=O) groups is 2. The van der Waals surface area contributed by atoms with Gasteiger partial charge in [0.05, 0.1) is 13.1 Å². The molecule has 112 valence electrons. The van der Waals surface area contributed by atoms with Crippen molar-refractivity contribution < 1.29 is 23.8 Å². The summed E-state index contributed by atoms with van der Waals surface area (Å²) in [6.45, 7) is 2.10. The van der Waals surface area contributed by atoms with Gasteiger partial charge in [0.25, 0.3) is 0 Å². The SMILES string of the molecule is CC1(OCC(=O)O)CN(C(=O)/C=C/c2ccc(F)cc2)C1. The minimum atomic E-state index is -1.03. The fourth-order valence-corrected chi connectivity index (χ4v) is 2.09. The van der Waals surface area contributed by atoms with E-state index in [2.05, 4.69) is 0 Å². The number of aliphatic carboxylic acids is 1. The number of ether oxygens (including phenoxy) is 1. The minimum absolute atomic E-state index is 0.185. The molecule has 0 spiro atoms. The largest absolute Gasteiger partial charge is 0.480 e. The molecule has 1 aliphatic heterocycles. The molecule has 0 aliphatic carbocycles. The molecule has 1 amide bonds. The number of hydrogen-bond donors (Lipinski definition) is 1. The predicted octanol–water partition coefficient (Wildman–Crippen LogP) is 1.54. The molecule has 1 saturated heterocycles. The first-order chi connectivity index (χ1) is 9.88. The van der Waals surface area contributed by atoms with Gasteiger partial charge in [-0.3, -0.25) is 4.79 Å². The Morgan fingerprint density at radius 3 is 2.57 bits per heavy atom. The number of carboxylic acids is 1. The lowest BCUT2D eigenvalue weighted by Gasteiger charge is -2.46. The molecule has 0 unspecified atom stereocenters. The lowest BCUT2D eigenvalue weighted by molar-refractivity contribution is -0.170. The van der Waals surface area contributed by atoms with E-state index in [9.17, 15) is 14.0 Å². The maximum absolute atomic E-state index is 12.7. The van der Waals surface area contributed by atoms with Crippen molar-refractivity contribution in [2.45, 2.75) is 12.5 Å². The number of carboxylic acid groups (broad SMARTS) is 1. The van der Waals surface area contributed by atoms with E-state index >= 15 is 0 Å². The second kappa shape index (κ2) is 6.05. The first-order valence-corrected chi connectivity index (χ1v) is 6.46. The monoisotopic (exact) mass is 293 g/mol. The lowest BCUT2D eigenvalue weighted by atomic mass is 9.96. The minimum Gasteiger partial charge on any atom is -0.480 e. The summed E-state index contributed by atoms with van der Waals surface area (Å²) in [7, 11) is 0. The van der Waals surface area contributed by atoms with Gasteiger partial charge >= 0.3 is 5.97 Å². The first kappa shape index (κ1) is 15.2. The number of carbonyl (C=O) groups excluding carboxylic acids is 1. The molecule has 21 heavy (non-hydrogen) atoms. The summed E-state index contributed by atoms with van der Waals surface area (Å²) >= 11 is 0. The molecule has 1 N–H and O–H groups in total. The molecule has 0 bridgehead atoms. The van der Waals surface area contributed by atoms with Gasteiger partial charge in [0.2, 0.25) is 5.91 Å². The van der Waals surface area contributed by atoms with Crippen LogP contribution in [-0.4, -0.2) is 47.2 Å². The fourth-order valence-electron chi connectivity index (χ4n) is 2.09. The molecule has 0 saturated carbocycles. The molecule has 1 aromatic rings. The van der Waals surface area contributed by atoms with E-state index in [1.54, 1.807) is 30.0 Å². The van der Waals surface area contributed by atoms with Gasteiger partial charge in [-0.25, -0.2) is 9.18 Å². The Bertz CT molecular complexity index is 562. The number of nitrogens with zero attached hydrogens (tertiary/aromatic N) is 1. The highest BCUT2D eigenvalue weighted by Crippen LogP contribution is 2.24. The summed E-state index contributed by atoms with van der Waals surface area (Å²) in [5.41, 5.74) is 0.132. The molecule has 0 aromatic heterocycles. The molecule has 0 atom stereocenters. The maximum Gasteiger partial charge on any atom is 0.329 e. The Balaban J connectivity index is 1.83. The smallest absolute Gasteiger partial charge is 0.329 e. The number of likely N-dealkylation sites (tertiary alicyclic amines) is 1. The van der Waals surface area contributed by atoms with Crippen molar-refractivity contribution in [3.8, 4) is 0 Å². The van der Waals surface area contributed by atoms with Crippen LogP contribution in [0.25, 0.3) is 6.08 Å². The molecular weight excluding hydrogens is 277 g/mol. The van der Waals surface area contributed by atoms with Crippen molar-refractivity contribution in [3.05, 3.63) is 41.7 Å². The van der Waals surface area contributed by atoms with E-state index in [4.69, 9.17) is 9.84 Å². The predicted molar refractivity (Wildman–Crippen MR) is 74.0 cm³/mol. The summed E-state index contributed by atoms with van der Waals surface area (Å²) in [5, 5.41) is 8.56. The number of benzene rings is 1. The van der Waals surface area contributed by atoms with Gasteiger partial charge in [-0.05, 0) is 30.7 Å². The van der Waals surface area contributed by atoms with Crippen LogP contribution in [-0.2, 0) is 14.3 Å². The van der Waals surface area contributed by atoms with Crippen LogP contribution in [0, 0.1) is 5.82 Å². The Labute approximate surface area is 121 Å². The second-order valence-electron chi connectivity index (χ2n) is 5.21. The standard InChI is InChI=1S/C15H16FNO4/c1-15(21-8-14(19)20)9-17(10-15)13(18)7-4-11-2-5-12(16)6-3-11/h2-7H,8-10H2,1H3,(H,19,20)/b7-4+. The molecular formula is C15H16FNO4. The highest BCUT2D eigenvalue weighted by atomic mass is 19.1. The Morgan fingerprint density at radius 1 is 1.38 bits per heavy atom. The van der Waals surface area contributed by atoms with Crippen molar-refractivity contribution in [2.75, 3.05) is 19.7 Å². The average molecular weight is 293 g/mol. The van der Waals surface area contributed by atoms with E-state index in [1.165, 1.54) is 18.2 Å². The lowest BCUT2D eigenvalue weighted by Crippen LogP contribution is -2.63. The third-order valence-electron chi connectivity index (χ3n) is 3.19. The summed E-state index contributed by atoms with van der Waals surface area (Å²) in [4.78, 5) is 23.9. The van der Waals surface area contributed by atoms with Crippen LogP contribution in [0.15, 0.2) is 30.3 Å². The van der Waals surface area contributed by atoms with Crippen molar-refractivity contribution in [2.24, 2.45) is 0 Å². The van der Waals surface area contributed by atoms with Crippen LogP contribution in [0.2, 0.25) is 0 Å². The van der Waals surface area contributed by atoms with Crippen molar-refractivity contribution in [1.29, 1.82) is 0 Å². The Kier molecular flexibility index (Phi) is 4.37. The van der Waals surface area contributed by atoms with Crippen LogP contribution < -0.4 is 0 Å². The average Bonchev–Trinajstić information content (AvgIpc) is 2.41. The van der Waals surface area contributed by atoms with E-state index in [0.717, 1.165) is 5.56 Å². The molecule has 0 radical (unpaired) electrons. The second-order valence-corrected chi connectivity index (χ2v) is 5.21. The molecule has 1 fully saturated rings. The van der Waals surface area contributed by atoms with Gasteiger partial charge in [0.1, 0.15) is 18.0 Å². The van der Waals surface area contributed by atoms with E-state index < -0.39 is 11.6 Å². The topological polar surface area (TPSA) is 66.8 Å². The molecule has 1 heterocycles. The van der Waals surface area contributed by atoms with Gasteiger partial charge in [-0.2, -0.15) is 0 Å². The van der Waals surface area contributed by atoms with E-state index in [1.807, 2.05) is 0 Å². The summed E-state index contributed by atoms with van der Waals surface area (Å²) in [6, 6.07) is 5.81. The van der Waals surface area contributed by atoms with E-state index in [0.29, 0.717) is 13.1 Å². The Morgan fingerprint density at radius 2 is 2.00 bits per heavy atom. The molecule has 1 aliphatic rings. The van der Waals surface area contributed by atoms with Gasteiger partial charge in [-0.1, -0.05) is 12.1 Å². The zero-order chi connectivity index (χ0) is 15.5. The van der Waals surface area contributed by atoms with Crippen LogP contribution in [0.4, 0.5) is 4.39 Å². The number of rotatable bonds is 5. The third-order valence-corrected chi connectivity index (χ3v) is 3.19. The van der Waals surface area contributed by atoms with Crippen molar-refractivity contribution >= 4 is 18.0 Å². The normalized spacial score (nSPS) is 16.8. The highest BCUT2D eigenvalue weighted by Gasteiger charge is 2.42. The number of amides is 1. The van der Waals surface area contributed by atoms with Crippen molar-refractivity contribution in [1.82, 2.24) is 4.90 Å². The van der Waals surface area contributed by atoms with Crippen LogP contribution in [0.1, 0.15) is 12.5 Å². The summed E-state index contributed by atoms with van der Waals surface area (Å²) in [5.74, 6) is -1.54. The quantitative estimate of drug-likeness (QED) is 0.836. The van der Waals surface area contributed by atoms with Gasteiger partial charge in [0.15, 0.2) is 0 Å². The van der Waals surface area contributed by atoms with Crippen LogP contribution >= 0.6 is 0 Å². The summed E-state index contributed by atoms with van der Waals surface area (Å²) < 4.78 is 18.0. The summed E-state index contributed by atoms with van der Waals surface area (Å²) in [6.07, 6.45) is 3.01. The zero-order valence-corrected chi connectivity index (χ0v) is 11.6. The molecule has 5 nitrogen and oxygen atoms in total. The van der Waals surface area contributed by atoms with Gasteiger partial charge in [-0.15, -0.1) is 0 Å². The van der Waals surface area contributed by atoms with E-state index in [-0.39, 0.29) is 18.3 Å². The first-order valence-electron chi connectivity index (χ1n) is 6.46. The maximum atomic E-state index is 12.7. The molecule has 2 rings (SSSR count). The highest BCUT2D eigenvalue weighted by molar-refractivity contribution is 5.92. The van der Waals surface area contributed by atoms with Gasteiger partial charge in [0, 0.05) is 6.08 Å². The zero-order valence-electron chi connectivity index (χ0n) is 11.6. The van der Waals surface area contributed by atoms with Crippen molar-refractivity contribution in [3.63, 3.8) is 0 Å². The van der Waals surface area contributed by atoms with Crippen LogP contribution in [0.5, 0.6) is 0 Å². The number of halogens is 1. The number of hydrogen-bond acceptors (Lipinski definition) is 3. The van der Waals surface area contributed by atoms with Crippen LogP contribution in [0.3, 0.4) is 0 Å². The van der Waals surface area contributed by atoms with Gasteiger partial charge < -0.3 is 14.7 Å². The Hall–Kier alpha value is -2.21. The molecule has 6 heteroatoms.